The van der Waals surface area contributed by atoms with Crippen LogP contribution in [0.25, 0.3) is 11.4 Å². The summed E-state index contributed by atoms with van der Waals surface area (Å²) in [5.74, 6) is 1.08. The van der Waals surface area contributed by atoms with Crippen molar-refractivity contribution in [2.75, 3.05) is 5.32 Å². The minimum absolute atomic E-state index is 0.102. The molecule has 134 valence electrons. The molecular formula is C19H22N6O. The van der Waals surface area contributed by atoms with Crippen LogP contribution in [-0.4, -0.2) is 32.1 Å². The number of hydrogen-bond acceptors (Lipinski definition) is 5. The molecule has 1 aromatic carbocycles. The molecule has 0 unspecified atom stereocenters. The van der Waals surface area contributed by atoms with Gasteiger partial charge in [0.15, 0.2) is 5.82 Å². The van der Waals surface area contributed by atoms with Crippen molar-refractivity contribution in [1.82, 2.24) is 25.5 Å². The minimum Gasteiger partial charge on any atom is -0.373 e. The number of carbonyl (C=O) groups is 1. The average molecular weight is 350 g/mol. The number of aromatic amines is 1. The lowest BCUT2D eigenvalue weighted by molar-refractivity contribution is -0.121. The van der Waals surface area contributed by atoms with E-state index in [-0.39, 0.29) is 18.5 Å². The Kier molecular flexibility index (Phi) is 5.26. The maximum Gasteiger partial charge on any atom is 0.242 e. The second-order valence-corrected chi connectivity index (χ2v) is 6.19. The highest BCUT2D eigenvalue weighted by Crippen LogP contribution is 2.20. The SMILES string of the molecule is Cc1cccc(C)c1N[C@H](C)C(=O)NCc1nc(-c2ccncc2)n[nH]1. The first-order chi connectivity index (χ1) is 12.5. The van der Waals surface area contributed by atoms with Gasteiger partial charge in [-0.05, 0) is 44.0 Å². The number of nitrogens with zero attached hydrogens (tertiary/aromatic N) is 3. The predicted octanol–water partition coefficient (Wildman–Crippen LogP) is 2.60. The topological polar surface area (TPSA) is 95.6 Å². The van der Waals surface area contributed by atoms with Crippen molar-refractivity contribution in [3.63, 3.8) is 0 Å². The third-order valence-corrected chi connectivity index (χ3v) is 4.14. The van der Waals surface area contributed by atoms with Crippen LogP contribution in [0.4, 0.5) is 5.69 Å². The minimum atomic E-state index is -0.364. The Morgan fingerprint density at radius 3 is 2.54 bits per heavy atom. The lowest BCUT2D eigenvalue weighted by Crippen LogP contribution is -2.37. The summed E-state index contributed by atoms with van der Waals surface area (Å²) in [6.07, 6.45) is 3.38. The van der Waals surface area contributed by atoms with E-state index in [1.54, 1.807) is 12.4 Å². The fourth-order valence-corrected chi connectivity index (χ4v) is 2.65. The molecule has 0 aliphatic rings. The van der Waals surface area contributed by atoms with E-state index < -0.39 is 0 Å². The zero-order chi connectivity index (χ0) is 18.5. The number of nitrogens with one attached hydrogen (secondary N) is 3. The first-order valence-corrected chi connectivity index (χ1v) is 8.46. The first-order valence-electron chi connectivity index (χ1n) is 8.46. The zero-order valence-electron chi connectivity index (χ0n) is 15.1. The van der Waals surface area contributed by atoms with Crippen molar-refractivity contribution in [3.8, 4) is 11.4 Å². The number of hydrogen-bond donors (Lipinski definition) is 3. The Morgan fingerprint density at radius 2 is 1.85 bits per heavy atom. The molecule has 3 aromatic rings. The van der Waals surface area contributed by atoms with Crippen molar-refractivity contribution >= 4 is 11.6 Å². The van der Waals surface area contributed by atoms with Gasteiger partial charge in [-0.2, -0.15) is 5.10 Å². The summed E-state index contributed by atoms with van der Waals surface area (Å²) in [5.41, 5.74) is 4.09. The second-order valence-electron chi connectivity index (χ2n) is 6.19. The number of amides is 1. The molecule has 0 aliphatic carbocycles. The predicted molar refractivity (Wildman–Crippen MR) is 100 cm³/mol. The van der Waals surface area contributed by atoms with Gasteiger partial charge in [0.2, 0.25) is 5.91 Å². The van der Waals surface area contributed by atoms with Crippen LogP contribution in [0.5, 0.6) is 0 Å². The Bertz CT molecular complexity index is 870. The summed E-state index contributed by atoms with van der Waals surface area (Å²) < 4.78 is 0. The number of rotatable bonds is 6. The van der Waals surface area contributed by atoms with Crippen molar-refractivity contribution in [2.24, 2.45) is 0 Å². The maximum atomic E-state index is 12.4. The van der Waals surface area contributed by atoms with Gasteiger partial charge in [0.05, 0.1) is 6.54 Å². The van der Waals surface area contributed by atoms with Crippen molar-refractivity contribution < 1.29 is 4.79 Å². The van der Waals surface area contributed by atoms with Gasteiger partial charge in [0, 0.05) is 23.6 Å². The molecule has 3 rings (SSSR count). The maximum absolute atomic E-state index is 12.4. The monoisotopic (exact) mass is 350 g/mol. The Morgan fingerprint density at radius 1 is 1.15 bits per heavy atom. The molecular weight excluding hydrogens is 328 g/mol. The highest BCUT2D eigenvalue weighted by molar-refractivity contribution is 5.84. The molecule has 2 heterocycles. The lowest BCUT2D eigenvalue weighted by atomic mass is 10.1. The molecule has 7 nitrogen and oxygen atoms in total. The van der Waals surface area contributed by atoms with Gasteiger partial charge in [0.1, 0.15) is 11.9 Å². The van der Waals surface area contributed by atoms with Crippen LogP contribution in [0.15, 0.2) is 42.7 Å². The molecule has 0 saturated heterocycles. The van der Waals surface area contributed by atoms with Gasteiger partial charge in [-0.25, -0.2) is 4.98 Å². The normalized spacial score (nSPS) is 11.8. The number of para-hydroxylation sites is 1. The Labute approximate surface area is 152 Å². The molecule has 0 aliphatic heterocycles. The third kappa shape index (κ3) is 4.05. The van der Waals surface area contributed by atoms with Crippen LogP contribution in [0.3, 0.4) is 0 Å². The molecule has 2 aromatic heterocycles. The van der Waals surface area contributed by atoms with Gasteiger partial charge in [0.25, 0.3) is 0 Å². The van der Waals surface area contributed by atoms with Crippen LogP contribution >= 0.6 is 0 Å². The summed E-state index contributed by atoms with van der Waals surface area (Å²) in [7, 11) is 0. The van der Waals surface area contributed by atoms with E-state index in [0.717, 1.165) is 22.4 Å². The standard InChI is InChI=1S/C19H22N6O/c1-12-5-4-6-13(2)17(12)22-14(3)19(26)21-11-16-23-18(25-24-16)15-7-9-20-10-8-15/h4-10,14,22H,11H2,1-3H3,(H,21,26)(H,23,24,25)/t14-/m1/s1. The lowest BCUT2D eigenvalue weighted by Gasteiger charge is -2.18. The molecule has 1 amide bonds. The van der Waals surface area contributed by atoms with Crippen LogP contribution in [0.1, 0.15) is 23.9 Å². The summed E-state index contributed by atoms with van der Waals surface area (Å²) in [4.78, 5) is 20.7. The number of aromatic nitrogens is 4. The van der Waals surface area contributed by atoms with Crippen molar-refractivity contribution in [1.29, 1.82) is 0 Å². The zero-order valence-corrected chi connectivity index (χ0v) is 15.1. The Balaban J connectivity index is 1.58. The summed E-state index contributed by atoms with van der Waals surface area (Å²) in [5, 5.41) is 13.2. The molecule has 0 bridgehead atoms. The highest BCUT2D eigenvalue weighted by Gasteiger charge is 2.15. The van der Waals surface area contributed by atoms with Gasteiger partial charge < -0.3 is 10.6 Å². The molecule has 0 radical (unpaired) electrons. The second kappa shape index (κ2) is 7.77. The summed E-state index contributed by atoms with van der Waals surface area (Å²) in [6.45, 7) is 6.17. The quantitative estimate of drug-likeness (QED) is 0.635. The Hall–Kier alpha value is -3.22. The number of H-pyrrole nitrogens is 1. The van der Waals surface area contributed by atoms with Gasteiger partial charge in [-0.3, -0.25) is 14.9 Å². The van der Waals surface area contributed by atoms with Crippen LogP contribution in [0, 0.1) is 13.8 Å². The van der Waals surface area contributed by atoms with Crippen LogP contribution in [0.2, 0.25) is 0 Å². The van der Waals surface area contributed by atoms with E-state index in [4.69, 9.17) is 0 Å². The van der Waals surface area contributed by atoms with E-state index in [2.05, 4.69) is 30.8 Å². The highest BCUT2D eigenvalue weighted by atomic mass is 16.2. The number of anilines is 1. The van der Waals surface area contributed by atoms with E-state index in [0.29, 0.717) is 11.6 Å². The van der Waals surface area contributed by atoms with Crippen LogP contribution in [-0.2, 0) is 11.3 Å². The van der Waals surface area contributed by atoms with Gasteiger partial charge in [-0.15, -0.1) is 0 Å². The van der Waals surface area contributed by atoms with E-state index in [9.17, 15) is 4.79 Å². The number of pyridine rings is 1. The number of aryl methyl sites for hydroxylation is 2. The summed E-state index contributed by atoms with van der Waals surface area (Å²) >= 11 is 0. The van der Waals surface area contributed by atoms with Crippen molar-refractivity contribution in [2.45, 2.75) is 33.4 Å². The molecule has 0 spiro atoms. The molecule has 1 atom stereocenters. The molecule has 3 N–H and O–H groups in total. The van der Waals surface area contributed by atoms with Gasteiger partial charge in [-0.1, -0.05) is 18.2 Å². The number of carbonyl (C=O) groups excluding carboxylic acids is 1. The average Bonchev–Trinajstić information content (AvgIpc) is 3.12. The van der Waals surface area contributed by atoms with E-state index in [1.165, 1.54) is 0 Å². The number of benzene rings is 1. The molecule has 0 fully saturated rings. The summed E-state index contributed by atoms with van der Waals surface area (Å²) in [6, 6.07) is 9.36. The van der Waals surface area contributed by atoms with E-state index in [1.807, 2.05) is 51.1 Å². The van der Waals surface area contributed by atoms with E-state index >= 15 is 0 Å². The fourth-order valence-electron chi connectivity index (χ4n) is 2.65. The third-order valence-electron chi connectivity index (χ3n) is 4.14. The molecule has 7 heteroatoms. The first kappa shape index (κ1) is 17.6. The fraction of sp³-hybridized carbons (Fsp3) is 0.263. The van der Waals surface area contributed by atoms with Crippen LogP contribution < -0.4 is 10.6 Å². The largest absolute Gasteiger partial charge is 0.373 e. The molecule has 0 saturated carbocycles. The van der Waals surface area contributed by atoms with Gasteiger partial charge >= 0.3 is 0 Å². The smallest absolute Gasteiger partial charge is 0.242 e. The van der Waals surface area contributed by atoms with Crippen molar-refractivity contribution in [3.05, 3.63) is 59.7 Å². The molecule has 26 heavy (non-hydrogen) atoms.